The van der Waals surface area contributed by atoms with E-state index in [0.29, 0.717) is 38.9 Å². The molecule has 2 N–H and O–H groups in total. The third-order valence-corrected chi connectivity index (χ3v) is 4.26. The van der Waals surface area contributed by atoms with E-state index < -0.39 is 17.4 Å². The lowest BCUT2D eigenvalue weighted by Crippen LogP contribution is -2.31. The van der Waals surface area contributed by atoms with Crippen molar-refractivity contribution in [3.05, 3.63) is 51.4 Å². The van der Waals surface area contributed by atoms with Crippen LogP contribution in [0, 0.1) is 5.41 Å². The molecule has 0 atom stereocenters. The molecule has 0 aromatic rings. The maximum absolute atomic E-state index is 11.9. The largest absolute Gasteiger partial charge is 0.502 e. The fourth-order valence-corrected chi connectivity index (χ4v) is 2.81. The van der Waals surface area contributed by atoms with E-state index in [1.165, 1.54) is 25.0 Å². The molecule has 0 rings (SSSR count). The van der Waals surface area contributed by atoms with Crippen LogP contribution in [0.2, 0.25) is 0 Å². The van der Waals surface area contributed by atoms with Crippen LogP contribution in [-0.2, 0) is 23.8 Å². The average Bonchev–Trinajstić information content (AvgIpc) is 2.67. The number of rotatable bonds is 19. The lowest BCUT2D eigenvalue weighted by atomic mass is 9.74. The molecule has 166 valence electrons. The normalized spacial score (nSPS) is 9.93. The van der Waals surface area contributed by atoms with Crippen LogP contribution in [0.5, 0.6) is 0 Å². The fraction of sp³-hybridized carbons (Fsp3) is 0.545. The first-order valence-corrected chi connectivity index (χ1v) is 9.67. The van der Waals surface area contributed by atoms with E-state index in [4.69, 9.17) is 14.6 Å². The molecule has 0 aliphatic carbocycles. The van der Waals surface area contributed by atoms with Crippen LogP contribution in [0.4, 0.5) is 0 Å². The molecule has 0 aromatic heterocycles. The Morgan fingerprint density at radius 3 is 1.48 bits per heavy atom. The van der Waals surface area contributed by atoms with Gasteiger partial charge in [0.2, 0.25) is 0 Å². The summed E-state index contributed by atoms with van der Waals surface area (Å²) in [5.74, 6) is -1.74. The Morgan fingerprint density at radius 2 is 1.17 bits per heavy atom. The van der Waals surface area contributed by atoms with E-state index in [1.807, 2.05) is 0 Å². The van der Waals surface area contributed by atoms with Crippen LogP contribution in [0.3, 0.4) is 0 Å². The summed E-state index contributed by atoms with van der Waals surface area (Å²) in [6.07, 6.45) is 10.1. The van der Waals surface area contributed by atoms with Crippen molar-refractivity contribution < 1.29 is 34.0 Å². The molecule has 0 bridgehead atoms. The number of unbranched alkanes of at least 4 members (excludes halogenated alkanes) is 2. The van der Waals surface area contributed by atoms with E-state index in [9.17, 15) is 14.7 Å². The van der Waals surface area contributed by atoms with Gasteiger partial charge in [0, 0.05) is 6.42 Å². The summed E-state index contributed by atoms with van der Waals surface area (Å²) in [6, 6.07) is 0. The van der Waals surface area contributed by atoms with E-state index in [-0.39, 0.29) is 6.42 Å². The Morgan fingerprint density at radius 1 is 0.724 bits per heavy atom. The van der Waals surface area contributed by atoms with Crippen molar-refractivity contribution in [1.29, 1.82) is 0 Å². The van der Waals surface area contributed by atoms with Gasteiger partial charge in [0.1, 0.15) is 0 Å². The molecule has 0 heterocycles. The first kappa shape index (κ1) is 28.5. The minimum Gasteiger partial charge on any atom is -0.502 e. The van der Waals surface area contributed by atoms with Crippen molar-refractivity contribution >= 4 is 11.9 Å². The number of aliphatic carboxylic acids is 2. The Balaban J connectivity index is 0. The third kappa shape index (κ3) is 17.1. The highest BCUT2D eigenvalue weighted by Gasteiger charge is 2.36. The van der Waals surface area contributed by atoms with E-state index in [1.54, 1.807) is 0 Å². The maximum atomic E-state index is 11.9. The van der Waals surface area contributed by atoms with Gasteiger partial charge in [0.15, 0.2) is 0 Å². The van der Waals surface area contributed by atoms with Crippen molar-refractivity contribution in [3.63, 3.8) is 0 Å². The Hall–Kier alpha value is -2.70. The predicted octanol–water partition coefficient (Wildman–Crippen LogP) is 5.26. The zero-order valence-corrected chi connectivity index (χ0v) is 17.4. The minimum absolute atomic E-state index is 0.00577. The Labute approximate surface area is 174 Å². The number of carboxylic acids is 2. The number of hydrogen-bond donors (Lipinski definition) is 2. The molecule has 0 radical (unpaired) electrons. The van der Waals surface area contributed by atoms with Gasteiger partial charge in [-0.1, -0.05) is 26.3 Å². The van der Waals surface area contributed by atoms with Crippen LogP contribution in [-0.4, -0.2) is 35.4 Å². The first-order valence-electron chi connectivity index (χ1n) is 9.67. The van der Waals surface area contributed by atoms with Crippen LogP contribution >= 0.6 is 0 Å². The number of carbonyl (C=O) groups is 2. The molecular formula is C22H36O7. The molecule has 0 fully saturated rings. The molecule has 0 unspecified atom stereocenters. The van der Waals surface area contributed by atoms with Gasteiger partial charge in [-0.3, -0.25) is 9.59 Å². The standard InChI is InChI=1S/C18H30O6.C4H6O/c1-3-23-14-7-5-11-18(17(21)22,13-9-10-16(19)20)12-6-8-15-24-4-2;1-3-5-4-2/h3-4H,1-2,5-15H2,(H,19,20)(H,21,22);3-4H,1-2H2. The van der Waals surface area contributed by atoms with Gasteiger partial charge in [0.05, 0.1) is 43.7 Å². The molecule has 7 heteroatoms. The van der Waals surface area contributed by atoms with Gasteiger partial charge in [0.25, 0.3) is 0 Å². The lowest BCUT2D eigenvalue weighted by molar-refractivity contribution is -0.151. The fourth-order valence-electron chi connectivity index (χ4n) is 2.81. The number of carboxylic acid groups (broad SMARTS) is 2. The molecule has 0 saturated heterocycles. The molecule has 0 spiro atoms. The Kier molecular flexibility index (Phi) is 19.7. The summed E-state index contributed by atoms with van der Waals surface area (Å²) < 4.78 is 14.5. The summed E-state index contributed by atoms with van der Waals surface area (Å²) in [5.41, 5.74) is -0.877. The number of ether oxygens (including phenoxy) is 3. The molecule has 29 heavy (non-hydrogen) atoms. The van der Waals surface area contributed by atoms with Gasteiger partial charge in [-0.15, -0.1) is 0 Å². The second-order valence-electron chi connectivity index (χ2n) is 6.29. The molecule has 0 aliphatic rings. The van der Waals surface area contributed by atoms with Crippen molar-refractivity contribution in [2.45, 2.75) is 57.8 Å². The highest BCUT2D eigenvalue weighted by molar-refractivity contribution is 5.74. The van der Waals surface area contributed by atoms with Crippen molar-refractivity contribution in [1.82, 2.24) is 0 Å². The van der Waals surface area contributed by atoms with Crippen molar-refractivity contribution in [3.8, 4) is 0 Å². The van der Waals surface area contributed by atoms with Crippen LogP contribution < -0.4 is 0 Å². The summed E-state index contributed by atoms with van der Waals surface area (Å²) in [4.78, 5) is 22.6. The zero-order valence-electron chi connectivity index (χ0n) is 17.4. The van der Waals surface area contributed by atoms with Gasteiger partial charge >= 0.3 is 11.9 Å². The zero-order chi connectivity index (χ0) is 22.4. The van der Waals surface area contributed by atoms with Gasteiger partial charge in [-0.2, -0.15) is 0 Å². The molecular weight excluding hydrogens is 376 g/mol. The monoisotopic (exact) mass is 412 g/mol. The summed E-state index contributed by atoms with van der Waals surface area (Å²) in [5, 5.41) is 18.5. The summed E-state index contributed by atoms with van der Waals surface area (Å²) >= 11 is 0. The van der Waals surface area contributed by atoms with Gasteiger partial charge in [-0.25, -0.2) is 0 Å². The third-order valence-electron chi connectivity index (χ3n) is 4.26. The van der Waals surface area contributed by atoms with E-state index in [0.717, 1.165) is 25.7 Å². The topological polar surface area (TPSA) is 102 Å². The second kappa shape index (κ2) is 20.0. The minimum atomic E-state index is -0.895. The van der Waals surface area contributed by atoms with Crippen molar-refractivity contribution in [2.24, 2.45) is 5.41 Å². The predicted molar refractivity (Wildman–Crippen MR) is 113 cm³/mol. The average molecular weight is 413 g/mol. The smallest absolute Gasteiger partial charge is 0.309 e. The van der Waals surface area contributed by atoms with Crippen LogP contribution in [0.15, 0.2) is 51.4 Å². The quantitative estimate of drug-likeness (QED) is 0.220. The number of hydrogen-bond acceptors (Lipinski definition) is 5. The highest BCUT2D eigenvalue weighted by Crippen LogP contribution is 2.37. The molecule has 0 aromatic carbocycles. The van der Waals surface area contributed by atoms with Crippen LogP contribution in [0.25, 0.3) is 0 Å². The first-order chi connectivity index (χ1) is 13.9. The van der Waals surface area contributed by atoms with E-state index >= 15 is 0 Å². The molecule has 0 amide bonds. The molecule has 0 aliphatic heterocycles. The van der Waals surface area contributed by atoms with Gasteiger partial charge in [-0.05, 0) is 51.4 Å². The second-order valence-corrected chi connectivity index (χ2v) is 6.29. The summed E-state index contributed by atoms with van der Waals surface area (Å²) in [7, 11) is 0. The van der Waals surface area contributed by atoms with Crippen LogP contribution in [0.1, 0.15) is 57.8 Å². The van der Waals surface area contributed by atoms with E-state index in [2.05, 4.69) is 31.1 Å². The Bertz CT molecular complexity index is 462. The maximum Gasteiger partial charge on any atom is 0.309 e. The highest BCUT2D eigenvalue weighted by atomic mass is 16.5. The van der Waals surface area contributed by atoms with Crippen molar-refractivity contribution in [2.75, 3.05) is 13.2 Å². The summed E-state index contributed by atoms with van der Waals surface area (Å²) in [6.45, 7) is 14.5. The van der Waals surface area contributed by atoms with Gasteiger partial charge < -0.3 is 24.4 Å². The molecule has 7 nitrogen and oxygen atoms in total. The molecule has 0 saturated carbocycles. The SMILES string of the molecule is C=COC=C.C=COCCCCC(CCCCOC=C)(CCCC(=O)O)C(=O)O. The lowest BCUT2D eigenvalue weighted by Gasteiger charge is -2.29.